The van der Waals surface area contributed by atoms with Gasteiger partial charge >= 0.3 is 5.97 Å². The molecule has 0 saturated heterocycles. The van der Waals surface area contributed by atoms with Gasteiger partial charge in [-0.15, -0.1) is 0 Å². The van der Waals surface area contributed by atoms with Gasteiger partial charge in [0, 0.05) is 12.6 Å². The van der Waals surface area contributed by atoms with Crippen molar-refractivity contribution in [3.8, 4) is 0 Å². The third kappa shape index (κ3) is 3.10. The van der Waals surface area contributed by atoms with E-state index in [1.54, 1.807) is 0 Å². The first-order valence-electron chi connectivity index (χ1n) is 6.54. The van der Waals surface area contributed by atoms with E-state index in [0.29, 0.717) is 6.42 Å². The maximum atomic E-state index is 11.4. The lowest BCUT2D eigenvalue weighted by Crippen LogP contribution is -2.36. The second kappa shape index (κ2) is 6.01. The number of carbonyl (C=O) groups is 1. The van der Waals surface area contributed by atoms with Crippen LogP contribution in [0.3, 0.4) is 0 Å². The van der Waals surface area contributed by atoms with E-state index >= 15 is 0 Å². The van der Waals surface area contributed by atoms with Gasteiger partial charge in [0.2, 0.25) is 0 Å². The fourth-order valence-corrected chi connectivity index (χ4v) is 2.34. The predicted octanol–water partition coefficient (Wildman–Crippen LogP) is 2.39. The van der Waals surface area contributed by atoms with E-state index in [4.69, 9.17) is 4.74 Å². The smallest absolute Gasteiger partial charge is 0.309 e. The van der Waals surface area contributed by atoms with Crippen molar-refractivity contribution in [2.24, 2.45) is 0 Å². The summed E-state index contributed by atoms with van der Waals surface area (Å²) in [6, 6.07) is 8.85. The second-order valence-electron chi connectivity index (χ2n) is 5.02. The molecule has 18 heavy (non-hydrogen) atoms. The summed E-state index contributed by atoms with van der Waals surface area (Å²) in [6.07, 6.45) is 4.31. The molecular formula is C15H21NO2. The van der Waals surface area contributed by atoms with Gasteiger partial charge in [0.05, 0.1) is 13.5 Å². The average Bonchev–Trinajstić information content (AvgIpc) is 2.29. The van der Waals surface area contributed by atoms with Gasteiger partial charge in [0.25, 0.3) is 0 Å². The van der Waals surface area contributed by atoms with Crippen molar-refractivity contribution >= 4 is 5.97 Å². The van der Waals surface area contributed by atoms with Gasteiger partial charge in [-0.25, -0.2) is 0 Å². The summed E-state index contributed by atoms with van der Waals surface area (Å²) in [5.41, 5.74) is 2.31. The zero-order chi connectivity index (χ0) is 13.0. The minimum atomic E-state index is -0.172. The molecule has 3 heteroatoms. The molecule has 0 aliphatic heterocycles. The van der Waals surface area contributed by atoms with E-state index < -0.39 is 0 Å². The van der Waals surface area contributed by atoms with E-state index in [2.05, 4.69) is 18.0 Å². The van der Waals surface area contributed by atoms with E-state index in [0.717, 1.165) is 18.2 Å². The molecule has 0 aromatic heterocycles. The van der Waals surface area contributed by atoms with Gasteiger partial charge in [-0.05, 0) is 31.0 Å². The second-order valence-corrected chi connectivity index (χ2v) is 5.02. The van der Waals surface area contributed by atoms with Crippen molar-refractivity contribution in [1.82, 2.24) is 4.90 Å². The summed E-state index contributed by atoms with van der Waals surface area (Å²) in [6.45, 7) is 0.915. The Bertz CT molecular complexity index is 413. The number of nitrogens with zero attached hydrogens (tertiary/aromatic N) is 1. The van der Waals surface area contributed by atoms with E-state index in [-0.39, 0.29) is 5.97 Å². The third-order valence-electron chi connectivity index (χ3n) is 3.80. The summed E-state index contributed by atoms with van der Waals surface area (Å²) in [7, 11) is 3.60. The van der Waals surface area contributed by atoms with Crippen LogP contribution in [-0.4, -0.2) is 31.1 Å². The molecular weight excluding hydrogens is 226 g/mol. The van der Waals surface area contributed by atoms with Crippen LogP contribution in [0.2, 0.25) is 0 Å². The standard InChI is InChI=1S/C15H21NO2/c1-16(14-8-5-9-14)11-13-7-4-3-6-12(13)10-15(17)18-2/h3-4,6-7,14H,5,8-11H2,1-2H3. The SMILES string of the molecule is COC(=O)Cc1ccccc1CN(C)C1CCC1. The highest BCUT2D eigenvalue weighted by atomic mass is 16.5. The van der Waals surface area contributed by atoms with Crippen LogP contribution in [0.1, 0.15) is 30.4 Å². The predicted molar refractivity (Wildman–Crippen MR) is 71.3 cm³/mol. The van der Waals surface area contributed by atoms with Crippen LogP contribution in [0.4, 0.5) is 0 Å². The van der Waals surface area contributed by atoms with E-state index in [1.165, 1.54) is 31.9 Å². The Balaban J connectivity index is 2.04. The summed E-state index contributed by atoms with van der Waals surface area (Å²) in [5.74, 6) is -0.172. The number of ether oxygens (including phenoxy) is 1. The van der Waals surface area contributed by atoms with Crippen molar-refractivity contribution < 1.29 is 9.53 Å². The number of hydrogen-bond donors (Lipinski definition) is 0. The molecule has 1 aliphatic carbocycles. The first-order valence-corrected chi connectivity index (χ1v) is 6.54. The number of methoxy groups -OCH3 is 1. The zero-order valence-electron chi connectivity index (χ0n) is 11.2. The van der Waals surface area contributed by atoms with E-state index in [1.807, 2.05) is 18.2 Å². The number of carbonyl (C=O) groups excluding carboxylic acids is 1. The Kier molecular flexibility index (Phi) is 4.37. The van der Waals surface area contributed by atoms with Crippen molar-refractivity contribution in [3.05, 3.63) is 35.4 Å². The lowest BCUT2D eigenvalue weighted by atomic mass is 9.91. The molecule has 3 nitrogen and oxygen atoms in total. The fourth-order valence-electron chi connectivity index (χ4n) is 2.34. The molecule has 2 rings (SSSR count). The lowest BCUT2D eigenvalue weighted by molar-refractivity contribution is -0.139. The molecule has 1 fully saturated rings. The van der Waals surface area contributed by atoms with Crippen LogP contribution >= 0.6 is 0 Å². The molecule has 1 aromatic rings. The van der Waals surface area contributed by atoms with Gasteiger partial charge in [-0.2, -0.15) is 0 Å². The van der Waals surface area contributed by atoms with Gasteiger partial charge in [0.1, 0.15) is 0 Å². The van der Waals surface area contributed by atoms with Crippen LogP contribution in [0, 0.1) is 0 Å². The molecule has 0 amide bonds. The summed E-state index contributed by atoms with van der Waals surface area (Å²) < 4.78 is 4.74. The summed E-state index contributed by atoms with van der Waals surface area (Å²) in [4.78, 5) is 13.8. The molecule has 0 unspecified atom stereocenters. The van der Waals surface area contributed by atoms with Crippen LogP contribution in [0.5, 0.6) is 0 Å². The van der Waals surface area contributed by atoms with Crippen LogP contribution in [0.15, 0.2) is 24.3 Å². The largest absolute Gasteiger partial charge is 0.469 e. The third-order valence-corrected chi connectivity index (χ3v) is 3.80. The Labute approximate surface area is 109 Å². The monoisotopic (exact) mass is 247 g/mol. The average molecular weight is 247 g/mol. The summed E-state index contributed by atoms with van der Waals surface area (Å²) in [5, 5.41) is 0. The van der Waals surface area contributed by atoms with E-state index in [9.17, 15) is 4.79 Å². The quantitative estimate of drug-likeness (QED) is 0.748. The number of rotatable bonds is 5. The van der Waals surface area contributed by atoms with Gasteiger partial charge in [-0.3, -0.25) is 9.69 Å². The Hall–Kier alpha value is -1.35. The molecule has 1 aliphatic rings. The summed E-state index contributed by atoms with van der Waals surface area (Å²) >= 11 is 0. The highest BCUT2D eigenvalue weighted by molar-refractivity contribution is 5.72. The lowest BCUT2D eigenvalue weighted by Gasteiger charge is -2.35. The number of esters is 1. The minimum absolute atomic E-state index is 0.172. The van der Waals surface area contributed by atoms with Gasteiger partial charge in [-0.1, -0.05) is 30.7 Å². The molecule has 1 aromatic carbocycles. The highest BCUT2D eigenvalue weighted by Gasteiger charge is 2.22. The van der Waals surface area contributed by atoms with Crippen LogP contribution < -0.4 is 0 Å². The maximum Gasteiger partial charge on any atom is 0.309 e. The molecule has 0 spiro atoms. The topological polar surface area (TPSA) is 29.5 Å². The fraction of sp³-hybridized carbons (Fsp3) is 0.533. The molecule has 0 N–H and O–H groups in total. The molecule has 0 heterocycles. The van der Waals surface area contributed by atoms with Crippen molar-refractivity contribution in [3.63, 3.8) is 0 Å². The van der Waals surface area contributed by atoms with Gasteiger partial charge in [0.15, 0.2) is 0 Å². The van der Waals surface area contributed by atoms with Gasteiger partial charge < -0.3 is 4.74 Å². The zero-order valence-corrected chi connectivity index (χ0v) is 11.2. The van der Waals surface area contributed by atoms with Crippen LogP contribution in [-0.2, 0) is 22.5 Å². The molecule has 0 radical (unpaired) electrons. The first-order chi connectivity index (χ1) is 8.70. The minimum Gasteiger partial charge on any atom is -0.469 e. The van der Waals surface area contributed by atoms with Crippen molar-refractivity contribution in [1.29, 1.82) is 0 Å². The number of hydrogen-bond acceptors (Lipinski definition) is 3. The molecule has 0 atom stereocenters. The highest BCUT2D eigenvalue weighted by Crippen LogP contribution is 2.25. The van der Waals surface area contributed by atoms with Crippen molar-refractivity contribution in [2.75, 3.05) is 14.2 Å². The molecule has 1 saturated carbocycles. The first kappa shape index (κ1) is 13.1. The van der Waals surface area contributed by atoms with Crippen molar-refractivity contribution in [2.45, 2.75) is 38.3 Å². The molecule has 98 valence electrons. The Morgan fingerprint density at radius 3 is 2.56 bits per heavy atom. The Morgan fingerprint density at radius 2 is 2.00 bits per heavy atom. The van der Waals surface area contributed by atoms with Crippen LogP contribution in [0.25, 0.3) is 0 Å². The Morgan fingerprint density at radius 1 is 1.33 bits per heavy atom. The normalized spacial score (nSPS) is 15.5. The maximum absolute atomic E-state index is 11.4. The number of benzene rings is 1. The molecule has 0 bridgehead atoms.